The molecule has 1 saturated heterocycles. The minimum Gasteiger partial charge on any atom is -0.313 e. The number of nitrogens with one attached hydrogen (secondary N) is 1. The second-order valence-electron chi connectivity index (χ2n) is 6.77. The molecule has 1 aliphatic heterocycles. The van der Waals surface area contributed by atoms with E-state index in [0.717, 1.165) is 0 Å². The van der Waals surface area contributed by atoms with E-state index in [1.165, 1.54) is 64.7 Å². The van der Waals surface area contributed by atoms with Gasteiger partial charge in [0, 0.05) is 19.1 Å². The molecule has 0 spiro atoms. The van der Waals surface area contributed by atoms with Gasteiger partial charge in [-0.05, 0) is 37.8 Å². The van der Waals surface area contributed by atoms with Gasteiger partial charge in [0.2, 0.25) is 0 Å². The molecule has 1 N–H and O–H groups in total. The van der Waals surface area contributed by atoms with Gasteiger partial charge in [-0.15, -0.1) is 0 Å². The van der Waals surface area contributed by atoms with Gasteiger partial charge >= 0.3 is 0 Å². The summed E-state index contributed by atoms with van der Waals surface area (Å²) < 4.78 is 0. The number of hydrogen-bond acceptors (Lipinski definition) is 2. The van der Waals surface area contributed by atoms with Crippen molar-refractivity contribution in [3.8, 4) is 0 Å². The highest BCUT2D eigenvalue weighted by Crippen LogP contribution is 2.25. The first-order valence-electron chi connectivity index (χ1n) is 8.03. The van der Waals surface area contributed by atoms with Crippen molar-refractivity contribution in [1.29, 1.82) is 0 Å². The Labute approximate surface area is 115 Å². The lowest BCUT2D eigenvalue weighted by Gasteiger charge is -2.33. The van der Waals surface area contributed by atoms with Crippen LogP contribution >= 0.6 is 0 Å². The molecule has 0 aromatic carbocycles. The Morgan fingerprint density at radius 2 is 2.00 bits per heavy atom. The van der Waals surface area contributed by atoms with Gasteiger partial charge in [-0.3, -0.25) is 0 Å². The lowest BCUT2D eigenvalue weighted by molar-refractivity contribution is 0.162. The summed E-state index contributed by atoms with van der Waals surface area (Å²) >= 11 is 0. The molecule has 1 aliphatic rings. The lowest BCUT2D eigenvalue weighted by Crippen LogP contribution is -2.41. The van der Waals surface area contributed by atoms with Crippen LogP contribution in [0.3, 0.4) is 0 Å². The molecule has 0 radical (unpaired) electrons. The van der Waals surface area contributed by atoms with Gasteiger partial charge < -0.3 is 10.2 Å². The molecule has 0 amide bonds. The van der Waals surface area contributed by atoms with E-state index in [0.29, 0.717) is 11.5 Å². The quantitative estimate of drug-likeness (QED) is 0.697. The second-order valence-corrected chi connectivity index (χ2v) is 6.77. The third-order valence-electron chi connectivity index (χ3n) is 4.16. The van der Waals surface area contributed by atoms with Gasteiger partial charge in [0.15, 0.2) is 0 Å². The predicted molar refractivity (Wildman–Crippen MR) is 81.1 cm³/mol. The summed E-state index contributed by atoms with van der Waals surface area (Å²) in [4.78, 5) is 2.69. The van der Waals surface area contributed by atoms with Gasteiger partial charge in [0.1, 0.15) is 0 Å². The Balaban J connectivity index is 2.37. The SMILES string of the molecule is CCCCCC(C)(C)CN1CCCNC(CC)C1. The Bertz CT molecular complexity index is 213. The minimum atomic E-state index is 0.484. The Kier molecular flexibility index (Phi) is 7.25. The van der Waals surface area contributed by atoms with Crippen molar-refractivity contribution >= 4 is 0 Å². The summed E-state index contributed by atoms with van der Waals surface area (Å²) in [6, 6.07) is 0.707. The Morgan fingerprint density at radius 1 is 1.22 bits per heavy atom. The van der Waals surface area contributed by atoms with Crippen LogP contribution in [0.5, 0.6) is 0 Å². The van der Waals surface area contributed by atoms with Crippen molar-refractivity contribution in [3.05, 3.63) is 0 Å². The second kappa shape index (κ2) is 8.16. The zero-order valence-electron chi connectivity index (χ0n) is 13.1. The summed E-state index contributed by atoms with van der Waals surface area (Å²) in [5.74, 6) is 0. The number of rotatable bonds is 7. The first-order valence-corrected chi connectivity index (χ1v) is 8.03. The monoisotopic (exact) mass is 254 g/mol. The molecule has 1 unspecified atom stereocenters. The zero-order valence-corrected chi connectivity index (χ0v) is 13.1. The first kappa shape index (κ1) is 16.0. The molecule has 0 aliphatic carbocycles. The standard InChI is InChI=1S/C16H34N2/c1-5-7-8-10-16(3,4)14-18-12-9-11-17-15(6-2)13-18/h15,17H,5-14H2,1-4H3. The van der Waals surface area contributed by atoms with Crippen LogP contribution in [0.1, 0.15) is 66.2 Å². The molecule has 2 heteroatoms. The fraction of sp³-hybridized carbons (Fsp3) is 1.00. The van der Waals surface area contributed by atoms with Crippen LogP contribution in [-0.2, 0) is 0 Å². The molecule has 108 valence electrons. The maximum atomic E-state index is 3.66. The molecular weight excluding hydrogens is 220 g/mol. The van der Waals surface area contributed by atoms with E-state index < -0.39 is 0 Å². The smallest absolute Gasteiger partial charge is 0.0192 e. The van der Waals surface area contributed by atoms with Gasteiger partial charge in [-0.1, -0.05) is 47.0 Å². The molecule has 2 nitrogen and oxygen atoms in total. The first-order chi connectivity index (χ1) is 8.57. The molecule has 1 heterocycles. The number of nitrogens with zero attached hydrogens (tertiary/aromatic N) is 1. The van der Waals surface area contributed by atoms with Crippen molar-refractivity contribution in [1.82, 2.24) is 10.2 Å². The normalized spacial score (nSPS) is 23.0. The summed E-state index contributed by atoms with van der Waals surface area (Å²) in [7, 11) is 0. The molecule has 0 saturated carbocycles. The van der Waals surface area contributed by atoms with Crippen LogP contribution in [0.15, 0.2) is 0 Å². The van der Waals surface area contributed by atoms with E-state index in [1.807, 2.05) is 0 Å². The average molecular weight is 254 g/mol. The highest BCUT2D eigenvalue weighted by atomic mass is 15.2. The van der Waals surface area contributed by atoms with E-state index in [-0.39, 0.29) is 0 Å². The Morgan fingerprint density at radius 3 is 2.67 bits per heavy atom. The van der Waals surface area contributed by atoms with Crippen LogP contribution in [0, 0.1) is 5.41 Å². The molecule has 0 bridgehead atoms. The summed E-state index contributed by atoms with van der Waals surface area (Å²) in [6.45, 7) is 14.5. The van der Waals surface area contributed by atoms with E-state index in [4.69, 9.17) is 0 Å². The maximum Gasteiger partial charge on any atom is 0.0192 e. The van der Waals surface area contributed by atoms with Gasteiger partial charge in [0.25, 0.3) is 0 Å². The zero-order chi connectivity index (χ0) is 13.4. The van der Waals surface area contributed by atoms with Gasteiger partial charge in [0.05, 0.1) is 0 Å². The van der Waals surface area contributed by atoms with Crippen molar-refractivity contribution < 1.29 is 0 Å². The predicted octanol–water partition coefficient (Wildman–Crippen LogP) is 3.67. The third-order valence-corrected chi connectivity index (χ3v) is 4.16. The van der Waals surface area contributed by atoms with Gasteiger partial charge in [-0.25, -0.2) is 0 Å². The average Bonchev–Trinajstić information content (AvgIpc) is 2.53. The van der Waals surface area contributed by atoms with Crippen LogP contribution in [-0.4, -0.2) is 37.1 Å². The van der Waals surface area contributed by atoms with Gasteiger partial charge in [-0.2, -0.15) is 0 Å². The van der Waals surface area contributed by atoms with E-state index in [9.17, 15) is 0 Å². The molecule has 1 rings (SSSR count). The van der Waals surface area contributed by atoms with Crippen molar-refractivity contribution in [3.63, 3.8) is 0 Å². The summed E-state index contributed by atoms with van der Waals surface area (Å²) in [5.41, 5.74) is 0.484. The number of hydrogen-bond donors (Lipinski definition) is 1. The molecule has 1 fully saturated rings. The topological polar surface area (TPSA) is 15.3 Å². The molecule has 18 heavy (non-hydrogen) atoms. The lowest BCUT2D eigenvalue weighted by atomic mass is 9.86. The van der Waals surface area contributed by atoms with Crippen LogP contribution in [0.25, 0.3) is 0 Å². The van der Waals surface area contributed by atoms with E-state index >= 15 is 0 Å². The minimum absolute atomic E-state index is 0.484. The van der Waals surface area contributed by atoms with Crippen LogP contribution < -0.4 is 5.32 Å². The number of unbranched alkanes of at least 4 members (excludes halogenated alkanes) is 2. The summed E-state index contributed by atoms with van der Waals surface area (Å²) in [5, 5.41) is 3.66. The largest absolute Gasteiger partial charge is 0.313 e. The van der Waals surface area contributed by atoms with Crippen LogP contribution in [0.2, 0.25) is 0 Å². The van der Waals surface area contributed by atoms with E-state index in [2.05, 4.69) is 37.9 Å². The fourth-order valence-corrected chi connectivity index (χ4v) is 3.03. The third kappa shape index (κ3) is 6.19. The molecule has 0 aromatic rings. The highest BCUT2D eigenvalue weighted by molar-refractivity contribution is 4.80. The van der Waals surface area contributed by atoms with Crippen molar-refractivity contribution in [2.75, 3.05) is 26.2 Å². The van der Waals surface area contributed by atoms with Crippen molar-refractivity contribution in [2.45, 2.75) is 72.3 Å². The fourth-order valence-electron chi connectivity index (χ4n) is 3.03. The Hall–Kier alpha value is -0.0800. The van der Waals surface area contributed by atoms with Crippen LogP contribution in [0.4, 0.5) is 0 Å². The van der Waals surface area contributed by atoms with Crippen molar-refractivity contribution in [2.24, 2.45) is 5.41 Å². The maximum absolute atomic E-state index is 3.66. The molecule has 0 aromatic heterocycles. The van der Waals surface area contributed by atoms with E-state index in [1.54, 1.807) is 0 Å². The summed E-state index contributed by atoms with van der Waals surface area (Å²) in [6.07, 6.45) is 8.06. The highest BCUT2D eigenvalue weighted by Gasteiger charge is 2.24. The molecular formula is C16H34N2. The molecule has 1 atom stereocenters.